The Morgan fingerprint density at radius 3 is 1.51 bits per heavy atom. The van der Waals surface area contributed by atoms with E-state index >= 15 is 0 Å². The van der Waals surface area contributed by atoms with Gasteiger partial charge in [-0.05, 0) is 101 Å². The van der Waals surface area contributed by atoms with Crippen molar-refractivity contribution in [3.8, 4) is 22.6 Å². The lowest BCUT2D eigenvalue weighted by atomic mass is 10.1. The van der Waals surface area contributed by atoms with E-state index in [0.717, 1.165) is 47.5 Å². The molecule has 0 aliphatic rings. The molecule has 0 aliphatic heterocycles. The summed E-state index contributed by atoms with van der Waals surface area (Å²) in [4.78, 5) is 9.07. The Labute approximate surface area is 344 Å². The summed E-state index contributed by atoms with van der Waals surface area (Å²) in [6, 6.07) is 27.8. The first-order valence-electron chi connectivity index (χ1n) is 17.1. The predicted octanol–water partition coefficient (Wildman–Crippen LogP) is 9.76. The first-order chi connectivity index (χ1) is 28.8. The van der Waals surface area contributed by atoms with Crippen LogP contribution in [0.2, 0.25) is 0 Å². The van der Waals surface area contributed by atoms with Crippen LogP contribution in [0.15, 0.2) is 167 Å². The van der Waals surface area contributed by atoms with Crippen LogP contribution >= 0.6 is 0 Å². The molecule has 0 aromatic heterocycles. The summed E-state index contributed by atoms with van der Waals surface area (Å²) in [6.45, 7) is 0. The van der Waals surface area contributed by atoms with Crippen LogP contribution in [0.1, 0.15) is 10.4 Å². The molecule has 0 fully saturated rings. The molecule has 0 bridgehead atoms. The summed E-state index contributed by atoms with van der Waals surface area (Å²) < 4.78 is 101. The van der Waals surface area contributed by atoms with E-state index in [1.165, 1.54) is 36.4 Å². The van der Waals surface area contributed by atoms with Crippen molar-refractivity contribution in [2.75, 3.05) is 0 Å². The van der Waals surface area contributed by atoms with Crippen molar-refractivity contribution in [2.24, 2.45) is 30.7 Å². The zero-order valence-electron chi connectivity index (χ0n) is 30.5. The highest BCUT2D eigenvalue weighted by Gasteiger charge is 2.23. The molecular formula is C39H26N6O13S3. The number of carboxylic acids is 1. The maximum Gasteiger partial charge on any atom is 0.339 e. The fourth-order valence-electron chi connectivity index (χ4n) is 5.95. The lowest BCUT2D eigenvalue weighted by molar-refractivity contribution is 0.0693. The van der Waals surface area contributed by atoms with Gasteiger partial charge in [0.25, 0.3) is 30.4 Å². The average Bonchev–Trinajstić information content (AvgIpc) is 3.21. The number of benzene rings is 7. The number of hydrogen-bond donors (Lipinski definition) is 6. The minimum absolute atomic E-state index is 0.0511. The first kappa shape index (κ1) is 41.8. The number of azo groups is 3. The topological polar surface area (TPSA) is 315 Å². The molecule has 7 aromatic carbocycles. The first-order valence-corrected chi connectivity index (χ1v) is 21.4. The standard InChI is InChI=1S/C39H26N6O13S3/c46-35-16-9-26(19-32(35)39(48)49)42-40-24-5-1-21(2-6-24)22-3-7-25(8-4-22)41-43-33-14-15-34(31-20-28(60(53,54)55)11-13-30(31)33)44-45-37-29-12-10-27(59(50,51)52)17-23(29)18-36(38(37)47)61(56,57)58/h1-20,46-47H,(H,48,49)(H,50,51,52)(H,53,54,55)(H,56,57,58). The number of hydrogen-bond acceptors (Lipinski definition) is 15. The third kappa shape index (κ3) is 9.13. The van der Waals surface area contributed by atoms with Crippen LogP contribution in [0.3, 0.4) is 0 Å². The molecule has 6 N–H and O–H groups in total. The Morgan fingerprint density at radius 1 is 0.459 bits per heavy atom. The molecule has 0 aliphatic carbocycles. The normalized spacial score (nSPS) is 12.6. The van der Waals surface area contributed by atoms with Crippen molar-refractivity contribution in [2.45, 2.75) is 14.7 Å². The number of nitrogens with zero attached hydrogens (tertiary/aromatic N) is 6. The third-order valence-corrected chi connectivity index (χ3v) is 11.5. The van der Waals surface area contributed by atoms with Crippen LogP contribution < -0.4 is 0 Å². The summed E-state index contributed by atoms with van der Waals surface area (Å²) in [5, 5.41) is 54.7. The number of aromatic hydroxyl groups is 2. The molecule has 61 heavy (non-hydrogen) atoms. The average molecular weight is 883 g/mol. The van der Waals surface area contributed by atoms with Gasteiger partial charge < -0.3 is 15.3 Å². The van der Waals surface area contributed by atoms with Gasteiger partial charge in [-0.2, -0.15) is 40.6 Å². The second-order valence-corrected chi connectivity index (χ2v) is 17.1. The van der Waals surface area contributed by atoms with Crippen molar-refractivity contribution < 1.29 is 59.0 Å². The fraction of sp³-hybridized carbons (Fsp3) is 0. The molecular weight excluding hydrogens is 857 g/mol. The zero-order valence-corrected chi connectivity index (χ0v) is 32.9. The third-order valence-electron chi connectivity index (χ3n) is 8.93. The lowest BCUT2D eigenvalue weighted by Crippen LogP contribution is -2.00. The van der Waals surface area contributed by atoms with Gasteiger partial charge in [0.2, 0.25) is 0 Å². The zero-order chi connectivity index (χ0) is 43.9. The monoisotopic (exact) mass is 882 g/mol. The van der Waals surface area contributed by atoms with Gasteiger partial charge in [0.1, 0.15) is 21.9 Å². The molecule has 0 atom stereocenters. The summed E-state index contributed by atoms with van der Waals surface area (Å²) in [7, 11) is -14.6. The number of aromatic carboxylic acids is 1. The molecule has 0 unspecified atom stereocenters. The highest BCUT2D eigenvalue weighted by molar-refractivity contribution is 7.86. The number of rotatable bonds is 11. The van der Waals surface area contributed by atoms with Crippen molar-refractivity contribution in [1.29, 1.82) is 0 Å². The van der Waals surface area contributed by atoms with Gasteiger partial charge in [0.15, 0.2) is 5.75 Å². The van der Waals surface area contributed by atoms with Crippen molar-refractivity contribution in [3.05, 3.63) is 127 Å². The van der Waals surface area contributed by atoms with Crippen LogP contribution in [0, 0.1) is 0 Å². The SMILES string of the molecule is O=C(O)c1cc(N=Nc2ccc(-c3ccc(N=Nc4ccc(N=Nc5c(O)c(S(=O)(=O)O)cc6cc(S(=O)(=O)O)ccc56)c5cc(S(=O)(=O)O)ccc45)cc3)cc2)ccc1O. The van der Waals surface area contributed by atoms with E-state index in [1.807, 2.05) is 0 Å². The molecule has 7 aromatic rings. The number of phenols is 2. The largest absolute Gasteiger partial charge is 0.507 e. The Bertz CT molecular complexity index is 3380. The Hall–Kier alpha value is -7.34. The van der Waals surface area contributed by atoms with Gasteiger partial charge in [0, 0.05) is 16.2 Å². The second kappa shape index (κ2) is 16.0. The lowest BCUT2D eigenvalue weighted by Gasteiger charge is -2.10. The summed E-state index contributed by atoms with van der Waals surface area (Å²) in [5.41, 5.74) is 2.08. The molecule has 19 nitrogen and oxygen atoms in total. The minimum Gasteiger partial charge on any atom is -0.507 e. The van der Waals surface area contributed by atoms with E-state index in [0.29, 0.717) is 11.4 Å². The molecule has 0 amide bonds. The van der Waals surface area contributed by atoms with E-state index in [2.05, 4.69) is 30.7 Å². The van der Waals surface area contributed by atoms with Gasteiger partial charge in [-0.1, -0.05) is 36.4 Å². The Kier molecular flexibility index (Phi) is 11.0. The van der Waals surface area contributed by atoms with E-state index in [1.54, 1.807) is 48.5 Å². The maximum absolute atomic E-state index is 12.1. The molecule has 0 saturated heterocycles. The molecule has 308 valence electrons. The number of phenolic OH excluding ortho intramolecular Hbond substituents is 1. The van der Waals surface area contributed by atoms with Gasteiger partial charge in [0.05, 0.1) is 38.2 Å². The van der Waals surface area contributed by atoms with Crippen LogP contribution in [-0.2, 0) is 30.4 Å². The fourth-order valence-corrected chi connectivity index (χ4v) is 7.59. The second-order valence-electron chi connectivity index (χ2n) is 12.9. The number of carbonyl (C=O) groups is 1. The number of fused-ring (bicyclic) bond motifs is 2. The van der Waals surface area contributed by atoms with Gasteiger partial charge in [-0.3, -0.25) is 13.7 Å². The summed E-state index contributed by atoms with van der Waals surface area (Å²) in [6.07, 6.45) is 0. The smallest absolute Gasteiger partial charge is 0.339 e. The molecule has 22 heteroatoms. The minimum atomic E-state index is -5.11. The van der Waals surface area contributed by atoms with Crippen LogP contribution in [0.4, 0.5) is 34.1 Å². The Morgan fingerprint density at radius 2 is 0.951 bits per heavy atom. The van der Waals surface area contributed by atoms with E-state index < -0.39 is 62.4 Å². The van der Waals surface area contributed by atoms with Crippen molar-refractivity contribution in [1.82, 2.24) is 0 Å². The highest BCUT2D eigenvalue weighted by atomic mass is 32.2. The Balaban J connectivity index is 1.18. The van der Waals surface area contributed by atoms with Gasteiger partial charge in [-0.15, -0.1) is 15.3 Å². The van der Waals surface area contributed by atoms with Gasteiger partial charge >= 0.3 is 5.97 Å². The molecule has 0 heterocycles. The van der Waals surface area contributed by atoms with E-state index in [4.69, 9.17) is 0 Å². The molecule has 0 spiro atoms. The predicted molar refractivity (Wildman–Crippen MR) is 218 cm³/mol. The molecule has 7 rings (SSSR count). The van der Waals surface area contributed by atoms with Gasteiger partial charge in [-0.25, -0.2) is 4.79 Å². The molecule has 0 radical (unpaired) electrons. The van der Waals surface area contributed by atoms with Crippen molar-refractivity contribution in [3.63, 3.8) is 0 Å². The molecule has 0 saturated carbocycles. The van der Waals surface area contributed by atoms with Crippen LogP contribution in [0.25, 0.3) is 32.7 Å². The van der Waals surface area contributed by atoms with E-state index in [-0.39, 0.29) is 49.9 Å². The van der Waals surface area contributed by atoms with Crippen LogP contribution in [0.5, 0.6) is 11.5 Å². The van der Waals surface area contributed by atoms with E-state index in [9.17, 15) is 59.0 Å². The highest BCUT2D eigenvalue weighted by Crippen LogP contribution is 2.43. The summed E-state index contributed by atoms with van der Waals surface area (Å²) >= 11 is 0. The van der Waals surface area contributed by atoms with Crippen molar-refractivity contribution >= 4 is 92.0 Å². The van der Waals surface area contributed by atoms with Crippen LogP contribution in [-0.4, -0.2) is 60.2 Å². The number of carboxylic acid groups (broad SMARTS) is 1. The quantitative estimate of drug-likeness (QED) is 0.0521. The maximum atomic E-state index is 12.1. The summed E-state index contributed by atoms with van der Waals surface area (Å²) in [5.74, 6) is -2.75.